The maximum atomic E-state index is 12.1. The number of methoxy groups -OCH3 is 1. The topological polar surface area (TPSA) is 116 Å². The Kier molecular flexibility index (Phi) is 5.08. The lowest BCUT2D eigenvalue weighted by Gasteiger charge is -2.15. The maximum Gasteiger partial charge on any atom is 0.361 e. The van der Waals surface area contributed by atoms with Crippen molar-refractivity contribution in [3.8, 4) is 5.75 Å². The van der Waals surface area contributed by atoms with Crippen LogP contribution in [-0.4, -0.2) is 35.1 Å². The molecule has 0 aliphatic carbocycles. The zero-order valence-corrected chi connectivity index (χ0v) is 12.6. The average Bonchev–Trinajstić information content (AvgIpc) is 2.55. The van der Waals surface area contributed by atoms with Gasteiger partial charge in [0.2, 0.25) is 0 Å². The number of para-hydroxylation sites is 2. The van der Waals surface area contributed by atoms with Crippen LogP contribution in [0.25, 0.3) is 0 Å². The second-order valence-electron chi connectivity index (χ2n) is 4.53. The van der Waals surface area contributed by atoms with E-state index in [0.717, 1.165) is 0 Å². The van der Waals surface area contributed by atoms with Gasteiger partial charge in [0.1, 0.15) is 5.75 Å². The number of carbonyl (C=O) groups excluding carboxylic acids is 2. The van der Waals surface area contributed by atoms with E-state index >= 15 is 0 Å². The number of anilines is 2. The molecule has 0 aliphatic heterocycles. The van der Waals surface area contributed by atoms with Crippen LogP contribution in [0.5, 0.6) is 5.75 Å². The van der Waals surface area contributed by atoms with E-state index in [4.69, 9.17) is 15.2 Å². The molecule has 0 spiro atoms. The van der Waals surface area contributed by atoms with Crippen LogP contribution < -0.4 is 15.8 Å². The number of carbonyl (C=O) groups is 2. The van der Waals surface area contributed by atoms with Gasteiger partial charge in [0.15, 0.2) is 17.6 Å². The third kappa shape index (κ3) is 3.94. The Morgan fingerprint density at radius 2 is 1.91 bits per heavy atom. The molecule has 1 amide bonds. The standard InChI is InChI=1S/C15H16N4O4/c1-9(23-15(21)12-13(16)18-8-7-17-12)14(20)19-10-5-3-4-6-11(10)22-2/h3-9H,1-2H3,(H2,16,18)(H,19,20). The molecule has 2 rings (SSSR count). The summed E-state index contributed by atoms with van der Waals surface area (Å²) in [6.45, 7) is 1.44. The summed E-state index contributed by atoms with van der Waals surface area (Å²) in [4.78, 5) is 31.6. The molecule has 1 atom stereocenters. The van der Waals surface area contributed by atoms with Crippen LogP contribution in [-0.2, 0) is 9.53 Å². The maximum absolute atomic E-state index is 12.1. The van der Waals surface area contributed by atoms with Gasteiger partial charge in [0, 0.05) is 12.4 Å². The van der Waals surface area contributed by atoms with Crippen molar-refractivity contribution in [3.63, 3.8) is 0 Å². The zero-order valence-electron chi connectivity index (χ0n) is 12.6. The normalized spacial score (nSPS) is 11.4. The Labute approximate surface area is 132 Å². The monoisotopic (exact) mass is 316 g/mol. The fourth-order valence-corrected chi connectivity index (χ4v) is 1.76. The highest BCUT2D eigenvalue weighted by Crippen LogP contribution is 2.23. The largest absolute Gasteiger partial charge is 0.495 e. The lowest BCUT2D eigenvalue weighted by Crippen LogP contribution is -2.30. The van der Waals surface area contributed by atoms with Crippen LogP contribution in [0.3, 0.4) is 0 Å². The van der Waals surface area contributed by atoms with Crippen molar-refractivity contribution in [2.45, 2.75) is 13.0 Å². The average molecular weight is 316 g/mol. The number of nitrogens with zero attached hydrogens (tertiary/aromatic N) is 2. The zero-order chi connectivity index (χ0) is 16.8. The molecule has 1 unspecified atom stereocenters. The first-order chi connectivity index (χ1) is 11.0. The first-order valence-electron chi connectivity index (χ1n) is 6.74. The molecular weight excluding hydrogens is 300 g/mol. The summed E-state index contributed by atoms with van der Waals surface area (Å²) in [5.74, 6) is -0.893. The van der Waals surface area contributed by atoms with Crippen LogP contribution in [0.15, 0.2) is 36.7 Å². The molecule has 1 aromatic carbocycles. The van der Waals surface area contributed by atoms with E-state index in [1.54, 1.807) is 24.3 Å². The Balaban J connectivity index is 2.03. The van der Waals surface area contributed by atoms with Crippen molar-refractivity contribution in [2.75, 3.05) is 18.2 Å². The number of nitrogen functional groups attached to an aromatic ring is 1. The van der Waals surface area contributed by atoms with Gasteiger partial charge in [-0.25, -0.2) is 14.8 Å². The van der Waals surface area contributed by atoms with Gasteiger partial charge in [-0.3, -0.25) is 4.79 Å². The predicted molar refractivity (Wildman–Crippen MR) is 82.9 cm³/mol. The van der Waals surface area contributed by atoms with Gasteiger partial charge in [0.25, 0.3) is 5.91 Å². The fourth-order valence-electron chi connectivity index (χ4n) is 1.76. The summed E-state index contributed by atoms with van der Waals surface area (Å²) < 4.78 is 10.2. The SMILES string of the molecule is COc1ccccc1NC(=O)C(C)OC(=O)c1nccnc1N. The van der Waals surface area contributed by atoms with Crippen molar-refractivity contribution >= 4 is 23.4 Å². The summed E-state index contributed by atoms with van der Waals surface area (Å²) in [7, 11) is 1.49. The molecule has 3 N–H and O–H groups in total. The van der Waals surface area contributed by atoms with Crippen molar-refractivity contribution in [3.05, 3.63) is 42.4 Å². The van der Waals surface area contributed by atoms with Crippen LogP contribution in [0.1, 0.15) is 17.4 Å². The lowest BCUT2D eigenvalue weighted by atomic mass is 10.2. The van der Waals surface area contributed by atoms with Crippen molar-refractivity contribution in [2.24, 2.45) is 0 Å². The van der Waals surface area contributed by atoms with Gasteiger partial charge in [-0.2, -0.15) is 0 Å². The minimum Gasteiger partial charge on any atom is -0.495 e. The molecule has 8 heteroatoms. The Morgan fingerprint density at radius 1 is 1.22 bits per heavy atom. The third-order valence-corrected chi connectivity index (χ3v) is 2.94. The number of hydrogen-bond acceptors (Lipinski definition) is 7. The van der Waals surface area contributed by atoms with Gasteiger partial charge >= 0.3 is 5.97 Å². The van der Waals surface area contributed by atoms with E-state index in [2.05, 4.69) is 15.3 Å². The number of aromatic nitrogens is 2. The number of rotatable bonds is 5. The molecule has 0 fully saturated rings. The number of ether oxygens (including phenoxy) is 2. The molecule has 1 aromatic heterocycles. The van der Waals surface area contributed by atoms with Gasteiger partial charge in [-0.15, -0.1) is 0 Å². The lowest BCUT2D eigenvalue weighted by molar-refractivity contribution is -0.123. The Hall–Kier alpha value is -3.16. The number of amides is 1. The van der Waals surface area contributed by atoms with E-state index in [0.29, 0.717) is 11.4 Å². The van der Waals surface area contributed by atoms with E-state index in [1.807, 2.05) is 0 Å². The fraction of sp³-hybridized carbons (Fsp3) is 0.200. The molecule has 8 nitrogen and oxygen atoms in total. The molecule has 1 heterocycles. The molecule has 0 bridgehead atoms. The second-order valence-corrected chi connectivity index (χ2v) is 4.53. The minimum atomic E-state index is -1.05. The molecule has 0 saturated heterocycles. The Bertz CT molecular complexity index is 720. The number of esters is 1. The molecular formula is C15H16N4O4. The number of nitrogens with two attached hydrogens (primary N) is 1. The smallest absolute Gasteiger partial charge is 0.361 e. The van der Waals surface area contributed by atoms with Gasteiger partial charge in [-0.05, 0) is 19.1 Å². The summed E-state index contributed by atoms with van der Waals surface area (Å²) in [5.41, 5.74) is 5.88. The number of nitrogens with one attached hydrogen (secondary N) is 1. The first kappa shape index (κ1) is 16.2. The van der Waals surface area contributed by atoms with Crippen LogP contribution >= 0.6 is 0 Å². The predicted octanol–water partition coefficient (Wildman–Crippen LogP) is 1.25. The minimum absolute atomic E-state index is 0.0603. The molecule has 23 heavy (non-hydrogen) atoms. The second kappa shape index (κ2) is 7.21. The first-order valence-corrected chi connectivity index (χ1v) is 6.74. The Morgan fingerprint density at radius 3 is 2.61 bits per heavy atom. The van der Waals surface area contributed by atoms with Crippen molar-refractivity contribution in [1.82, 2.24) is 9.97 Å². The summed E-state index contributed by atoms with van der Waals surface area (Å²) in [5, 5.41) is 2.62. The highest BCUT2D eigenvalue weighted by molar-refractivity contribution is 5.98. The van der Waals surface area contributed by atoms with Crippen LogP contribution in [0.4, 0.5) is 11.5 Å². The van der Waals surface area contributed by atoms with Crippen molar-refractivity contribution < 1.29 is 19.1 Å². The summed E-state index contributed by atoms with van der Waals surface area (Å²) in [6.07, 6.45) is 1.62. The van der Waals surface area contributed by atoms with E-state index in [9.17, 15) is 9.59 Å². The highest BCUT2D eigenvalue weighted by Gasteiger charge is 2.22. The van der Waals surface area contributed by atoms with Gasteiger partial charge in [-0.1, -0.05) is 12.1 Å². The molecule has 120 valence electrons. The number of benzene rings is 1. The third-order valence-electron chi connectivity index (χ3n) is 2.94. The van der Waals surface area contributed by atoms with Crippen LogP contribution in [0.2, 0.25) is 0 Å². The molecule has 0 saturated carbocycles. The molecule has 0 aliphatic rings. The molecule has 2 aromatic rings. The van der Waals surface area contributed by atoms with Gasteiger partial charge < -0.3 is 20.5 Å². The summed E-state index contributed by atoms with van der Waals surface area (Å²) >= 11 is 0. The van der Waals surface area contributed by atoms with E-state index < -0.39 is 18.0 Å². The highest BCUT2D eigenvalue weighted by atomic mass is 16.5. The van der Waals surface area contributed by atoms with E-state index in [1.165, 1.54) is 26.4 Å². The van der Waals surface area contributed by atoms with Gasteiger partial charge in [0.05, 0.1) is 12.8 Å². The number of hydrogen-bond donors (Lipinski definition) is 2. The van der Waals surface area contributed by atoms with Crippen molar-refractivity contribution in [1.29, 1.82) is 0 Å². The quantitative estimate of drug-likeness (QED) is 0.797. The molecule has 0 radical (unpaired) electrons. The van der Waals surface area contributed by atoms with Crippen LogP contribution in [0, 0.1) is 0 Å². The van der Waals surface area contributed by atoms with E-state index in [-0.39, 0.29) is 11.5 Å². The summed E-state index contributed by atoms with van der Waals surface area (Å²) in [6, 6.07) is 6.89.